The van der Waals surface area contributed by atoms with E-state index in [1.807, 2.05) is 13.8 Å². The van der Waals surface area contributed by atoms with E-state index in [1.54, 1.807) is 23.5 Å². The summed E-state index contributed by atoms with van der Waals surface area (Å²) in [7, 11) is -3.04. The van der Waals surface area contributed by atoms with Gasteiger partial charge in [-0.25, -0.2) is 0 Å². The van der Waals surface area contributed by atoms with Crippen molar-refractivity contribution in [3.05, 3.63) is 7.61 Å². The monoisotopic (exact) mass is 606 g/mol. The molecule has 2 rings (SSSR count). The van der Waals surface area contributed by atoms with Crippen molar-refractivity contribution in [1.82, 2.24) is 0 Å². The van der Waals surface area contributed by atoms with Crippen LogP contribution >= 0.6 is 66.4 Å². The molecule has 0 spiro atoms. The summed E-state index contributed by atoms with van der Waals surface area (Å²) in [4.78, 5) is 0. The molecule has 0 atom stereocenters. The van der Waals surface area contributed by atoms with E-state index in [4.69, 9.17) is 9.05 Å². The maximum absolute atomic E-state index is 13.2. The topological polar surface area (TPSA) is 35.5 Å². The molecule has 0 radical (unpaired) electrons. The zero-order valence-electron chi connectivity index (χ0n) is 15.2. The van der Waals surface area contributed by atoms with Crippen LogP contribution in [0.1, 0.15) is 13.8 Å². The molecule has 11 heteroatoms. The fourth-order valence-electron chi connectivity index (χ4n) is 2.07. The summed E-state index contributed by atoms with van der Waals surface area (Å²) in [5.74, 6) is 7.63. The van der Waals surface area contributed by atoms with Gasteiger partial charge in [-0.3, -0.25) is 0 Å². The second-order valence-electron chi connectivity index (χ2n) is 5.03. The molecule has 2 aliphatic heterocycles. The molecule has 3 nitrogen and oxygen atoms in total. The third-order valence-corrected chi connectivity index (χ3v) is 21.0. The molecule has 0 aromatic carbocycles. The second kappa shape index (κ2) is 14.6. The summed E-state index contributed by atoms with van der Waals surface area (Å²) in [5, 5.41) is 2.56. The van der Waals surface area contributed by atoms with E-state index in [2.05, 4.69) is 35.3 Å². The minimum absolute atomic E-state index is 0.0910. The van der Waals surface area contributed by atoms with Crippen LogP contribution in [0.4, 0.5) is 0 Å². The first kappa shape index (κ1) is 24.9. The number of hydrogen-bond donors (Lipinski definition) is 0. The Balaban J connectivity index is 1.98. The molecular weight excluding hydrogens is 577 g/mol. The summed E-state index contributed by atoms with van der Waals surface area (Å²) in [6, 6.07) is 0. The Morgan fingerprint density at radius 2 is 1.27 bits per heavy atom. The van der Waals surface area contributed by atoms with Gasteiger partial charge in [0.2, 0.25) is 0 Å². The van der Waals surface area contributed by atoms with Crippen molar-refractivity contribution in [2.75, 3.05) is 47.7 Å². The molecule has 0 amide bonds. The molecule has 26 heavy (non-hydrogen) atoms. The predicted molar refractivity (Wildman–Crippen MR) is 130 cm³/mol. The third kappa shape index (κ3) is 8.81. The first-order valence-corrected chi connectivity index (χ1v) is 19.6. The average Bonchev–Trinajstić information content (AvgIpc) is 3.02. The van der Waals surface area contributed by atoms with Gasteiger partial charge in [0.25, 0.3) is 0 Å². The molecule has 0 aromatic heterocycles. The van der Waals surface area contributed by atoms with Gasteiger partial charge in [0, 0.05) is 0 Å². The van der Waals surface area contributed by atoms with E-state index in [-0.39, 0.29) is 4.32 Å². The van der Waals surface area contributed by atoms with Gasteiger partial charge in [-0.1, -0.05) is 0 Å². The normalized spacial score (nSPS) is 22.7. The van der Waals surface area contributed by atoms with Gasteiger partial charge in [-0.2, -0.15) is 0 Å². The van der Waals surface area contributed by atoms with Crippen molar-refractivity contribution in [2.24, 2.45) is 0 Å². The maximum atomic E-state index is 13.2. The fraction of sp³-hybridized carbons (Fsp3) is 0.867. The molecule has 0 N–H and O–H groups in total. The van der Waals surface area contributed by atoms with Crippen molar-refractivity contribution in [3.8, 4) is 0 Å². The SMILES string of the molecule is CCOP(=O)(OCC)C1SC2=C(S1)[Se]CCSCCSCCSCC[Se]2. The summed E-state index contributed by atoms with van der Waals surface area (Å²) in [6.07, 6.45) is 0. The summed E-state index contributed by atoms with van der Waals surface area (Å²) >= 11 is 10.9. The second-order valence-corrected chi connectivity index (χ2v) is 19.8. The molecular formula is C15H27O3PS5Se2. The van der Waals surface area contributed by atoms with Crippen molar-refractivity contribution >= 4 is 96.3 Å². The molecule has 152 valence electrons. The number of thioether (sulfide) groups is 5. The molecule has 0 aliphatic carbocycles. The zero-order chi connectivity index (χ0) is 18.7. The first-order chi connectivity index (χ1) is 12.7. The van der Waals surface area contributed by atoms with E-state index < -0.39 is 7.60 Å². The van der Waals surface area contributed by atoms with Gasteiger partial charge in [-0.15, -0.1) is 0 Å². The Kier molecular flexibility index (Phi) is 14.0. The first-order valence-electron chi connectivity index (χ1n) is 8.64. The molecule has 2 heterocycles. The van der Waals surface area contributed by atoms with Crippen molar-refractivity contribution in [2.45, 2.75) is 28.8 Å². The Morgan fingerprint density at radius 3 is 1.69 bits per heavy atom. The van der Waals surface area contributed by atoms with Gasteiger partial charge in [0.1, 0.15) is 0 Å². The van der Waals surface area contributed by atoms with Crippen molar-refractivity contribution in [3.63, 3.8) is 0 Å². The van der Waals surface area contributed by atoms with Crippen LogP contribution in [-0.2, 0) is 13.6 Å². The number of hydrogen-bond acceptors (Lipinski definition) is 8. The van der Waals surface area contributed by atoms with Crippen LogP contribution in [-0.4, -0.2) is 82.0 Å². The van der Waals surface area contributed by atoms with Crippen molar-refractivity contribution < 1.29 is 13.6 Å². The molecule has 0 unspecified atom stereocenters. The van der Waals surface area contributed by atoms with Crippen LogP contribution in [0.25, 0.3) is 0 Å². The van der Waals surface area contributed by atoms with Gasteiger partial charge < -0.3 is 0 Å². The van der Waals surface area contributed by atoms with Gasteiger partial charge in [-0.05, 0) is 0 Å². The average molecular weight is 605 g/mol. The van der Waals surface area contributed by atoms with Crippen LogP contribution in [0.3, 0.4) is 0 Å². The van der Waals surface area contributed by atoms with E-state index >= 15 is 0 Å². The summed E-state index contributed by atoms with van der Waals surface area (Å²) < 4.78 is 27.4. The predicted octanol–water partition coefficient (Wildman–Crippen LogP) is 5.60. The van der Waals surface area contributed by atoms with E-state index in [0.717, 1.165) is 0 Å². The minimum atomic E-state index is -3.04. The van der Waals surface area contributed by atoms with Crippen LogP contribution < -0.4 is 0 Å². The molecule has 0 bridgehead atoms. The quantitative estimate of drug-likeness (QED) is 0.297. The molecule has 0 saturated carbocycles. The van der Waals surface area contributed by atoms with Gasteiger partial charge in [0.05, 0.1) is 0 Å². The standard InChI is InChI=1S/C15H27O3PS5Se2/c1-3-17-19(16,18-4-2)15-23-13-14(24-15)26-12-10-22-8-6-20-5-7-21-9-11-25-13/h15H,3-12H2,1-2H3. The van der Waals surface area contributed by atoms with Crippen LogP contribution in [0, 0.1) is 0 Å². The van der Waals surface area contributed by atoms with Gasteiger partial charge >= 0.3 is 194 Å². The number of rotatable bonds is 5. The molecule has 0 fully saturated rings. The van der Waals surface area contributed by atoms with E-state index in [1.165, 1.54) is 52.8 Å². The zero-order valence-corrected chi connectivity index (χ0v) is 23.6. The summed E-state index contributed by atoms with van der Waals surface area (Å²) in [6.45, 7) is 4.69. The molecule has 2 aliphatic rings. The van der Waals surface area contributed by atoms with Crippen LogP contribution in [0.2, 0.25) is 10.6 Å². The fourth-order valence-corrected chi connectivity index (χ4v) is 21.2. The molecule has 0 saturated heterocycles. The van der Waals surface area contributed by atoms with Crippen LogP contribution in [0.15, 0.2) is 7.61 Å². The Hall–Kier alpha value is 2.68. The van der Waals surface area contributed by atoms with Crippen molar-refractivity contribution in [1.29, 1.82) is 0 Å². The molecule has 0 aromatic rings. The van der Waals surface area contributed by atoms with E-state index in [9.17, 15) is 4.57 Å². The van der Waals surface area contributed by atoms with Gasteiger partial charge in [0.15, 0.2) is 0 Å². The van der Waals surface area contributed by atoms with E-state index in [0.29, 0.717) is 43.1 Å². The third-order valence-electron chi connectivity index (χ3n) is 3.12. The Bertz CT molecular complexity index is 462. The Labute approximate surface area is 192 Å². The Morgan fingerprint density at radius 1 is 0.846 bits per heavy atom. The summed E-state index contributed by atoms with van der Waals surface area (Å²) in [5.41, 5.74) is 0. The van der Waals surface area contributed by atoms with Crippen LogP contribution in [0.5, 0.6) is 0 Å².